The Morgan fingerprint density at radius 1 is 1.35 bits per heavy atom. The smallest absolute Gasteiger partial charge is 0.191 e. The summed E-state index contributed by atoms with van der Waals surface area (Å²) < 4.78 is 15.7. The molecule has 0 aliphatic rings. The van der Waals surface area contributed by atoms with Gasteiger partial charge < -0.3 is 10.6 Å². The van der Waals surface area contributed by atoms with E-state index in [9.17, 15) is 4.39 Å². The quantitative estimate of drug-likeness (QED) is 0.400. The molecule has 2 aromatic rings. The minimum absolute atomic E-state index is 0. The van der Waals surface area contributed by atoms with Crippen LogP contribution >= 0.6 is 24.0 Å². The molecule has 0 spiro atoms. The Bertz CT molecular complexity index is 822. The van der Waals surface area contributed by atoms with Crippen molar-refractivity contribution in [2.75, 3.05) is 6.54 Å². The highest BCUT2D eigenvalue weighted by atomic mass is 127. The molecule has 0 amide bonds. The average molecular weight is 470 g/mol. The third-order valence-electron chi connectivity index (χ3n) is 4.02. The molecule has 2 rings (SSSR count). The fourth-order valence-electron chi connectivity index (χ4n) is 2.52. The summed E-state index contributed by atoms with van der Waals surface area (Å²) in [6.45, 7) is 7.38. The van der Waals surface area contributed by atoms with Crippen LogP contribution in [0.2, 0.25) is 0 Å². The molecule has 0 radical (unpaired) electrons. The van der Waals surface area contributed by atoms with Crippen molar-refractivity contribution >= 4 is 29.9 Å². The maximum atomic E-state index is 13.9. The number of halogens is 2. The molecule has 2 N–H and O–H groups in total. The average Bonchev–Trinajstić information content (AvgIpc) is 2.84. The molecule has 6 nitrogen and oxygen atoms in total. The molecule has 140 valence electrons. The lowest BCUT2D eigenvalue weighted by atomic mass is 10.1. The van der Waals surface area contributed by atoms with E-state index in [0.29, 0.717) is 30.2 Å². The van der Waals surface area contributed by atoms with E-state index in [2.05, 4.69) is 20.7 Å². The number of aryl methyl sites for hydroxylation is 2. The fourth-order valence-corrected chi connectivity index (χ4v) is 2.52. The maximum Gasteiger partial charge on any atom is 0.191 e. The predicted molar refractivity (Wildman–Crippen MR) is 111 cm³/mol. The van der Waals surface area contributed by atoms with Crippen LogP contribution in [0.1, 0.15) is 35.0 Å². The third-order valence-corrected chi connectivity index (χ3v) is 4.02. The summed E-state index contributed by atoms with van der Waals surface area (Å²) in [5, 5.41) is 19.7. The SMILES string of the molecule is CCNC(=NCc1cc(C#N)ccc1F)NCc1c(C)nn(C)c1C.I. The number of hydrogen-bond acceptors (Lipinski definition) is 3. The fraction of sp³-hybridized carbons (Fsp3) is 0.389. The minimum atomic E-state index is -0.363. The normalized spacial score (nSPS) is 10.8. The van der Waals surface area contributed by atoms with Crippen LogP contribution in [0.25, 0.3) is 0 Å². The zero-order chi connectivity index (χ0) is 18.4. The number of benzene rings is 1. The third kappa shape index (κ3) is 5.42. The molecular formula is C18H24FIN6. The molecule has 0 bridgehead atoms. The van der Waals surface area contributed by atoms with E-state index >= 15 is 0 Å². The van der Waals surface area contributed by atoms with Crippen molar-refractivity contribution in [1.29, 1.82) is 5.26 Å². The van der Waals surface area contributed by atoms with E-state index in [1.165, 1.54) is 18.2 Å². The Morgan fingerprint density at radius 3 is 2.65 bits per heavy atom. The van der Waals surface area contributed by atoms with E-state index in [4.69, 9.17) is 5.26 Å². The molecule has 0 aliphatic carbocycles. The van der Waals surface area contributed by atoms with Gasteiger partial charge in [-0.25, -0.2) is 9.38 Å². The van der Waals surface area contributed by atoms with Gasteiger partial charge in [-0.15, -0.1) is 24.0 Å². The number of hydrogen-bond donors (Lipinski definition) is 2. The Balaban J connectivity index is 0.00000338. The van der Waals surface area contributed by atoms with Gasteiger partial charge in [0.05, 0.1) is 23.9 Å². The van der Waals surface area contributed by atoms with Crippen molar-refractivity contribution in [3.05, 3.63) is 52.1 Å². The van der Waals surface area contributed by atoms with E-state index < -0.39 is 0 Å². The first-order valence-corrected chi connectivity index (χ1v) is 8.16. The van der Waals surface area contributed by atoms with Crippen LogP contribution < -0.4 is 10.6 Å². The van der Waals surface area contributed by atoms with Crippen LogP contribution in [-0.4, -0.2) is 22.3 Å². The van der Waals surface area contributed by atoms with Crippen molar-refractivity contribution < 1.29 is 4.39 Å². The minimum Gasteiger partial charge on any atom is -0.357 e. The number of nitrogens with zero attached hydrogens (tertiary/aromatic N) is 4. The molecule has 1 aromatic heterocycles. The number of aliphatic imine (C=N–C) groups is 1. The van der Waals surface area contributed by atoms with Gasteiger partial charge in [-0.05, 0) is 39.0 Å². The van der Waals surface area contributed by atoms with E-state index in [0.717, 1.165) is 17.0 Å². The van der Waals surface area contributed by atoms with Crippen LogP contribution in [0.15, 0.2) is 23.2 Å². The van der Waals surface area contributed by atoms with Crippen molar-refractivity contribution in [2.24, 2.45) is 12.0 Å². The molecule has 0 atom stereocenters. The van der Waals surface area contributed by atoms with Gasteiger partial charge in [-0.2, -0.15) is 10.4 Å². The summed E-state index contributed by atoms with van der Waals surface area (Å²) in [4.78, 5) is 4.42. The molecule has 0 saturated carbocycles. The lowest BCUT2D eigenvalue weighted by molar-refractivity contribution is 0.610. The lowest BCUT2D eigenvalue weighted by Crippen LogP contribution is -2.37. The number of rotatable bonds is 5. The lowest BCUT2D eigenvalue weighted by Gasteiger charge is -2.12. The first-order chi connectivity index (χ1) is 12.0. The molecule has 1 aromatic carbocycles. The summed E-state index contributed by atoms with van der Waals surface area (Å²) in [7, 11) is 1.91. The molecule has 8 heteroatoms. The highest BCUT2D eigenvalue weighted by Crippen LogP contribution is 2.12. The van der Waals surface area contributed by atoms with Crippen molar-refractivity contribution in [1.82, 2.24) is 20.4 Å². The molecule has 0 fully saturated rings. The van der Waals surface area contributed by atoms with Gasteiger partial charge in [-0.1, -0.05) is 0 Å². The second-order valence-corrected chi connectivity index (χ2v) is 5.74. The Morgan fingerprint density at radius 2 is 2.08 bits per heavy atom. The van der Waals surface area contributed by atoms with E-state index in [1.807, 2.05) is 38.6 Å². The molecule has 26 heavy (non-hydrogen) atoms. The largest absolute Gasteiger partial charge is 0.357 e. The second-order valence-electron chi connectivity index (χ2n) is 5.74. The van der Waals surface area contributed by atoms with Crippen LogP contribution in [0, 0.1) is 31.0 Å². The number of nitriles is 1. The van der Waals surface area contributed by atoms with Crippen LogP contribution in [0.4, 0.5) is 4.39 Å². The first-order valence-electron chi connectivity index (χ1n) is 8.16. The predicted octanol–water partition coefficient (Wildman–Crippen LogP) is 2.92. The van der Waals surface area contributed by atoms with Crippen molar-refractivity contribution in [2.45, 2.75) is 33.9 Å². The van der Waals surface area contributed by atoms with Gasteiger partial charge in [0.25, 0.3) is 0 Å². The summed E-state index contributed by atoms with van der Waals surface area (Å²) >= 11 is 0. The van der Waals surface area contributed by atoms with Crippen molar-refractivity contribution in [3.63, 3.8) is 0 Å². The standard InChI is InChI=1S/C18H23FN6.HI/c1-5-21-18(23-11-16-12(2)24-25(4)13(16)3)22-10-15-8-14(9-20)6-7-17(15)19;/h6-8H,5,10-11H2,1-4H3,(H2,21,22,23);1H. The van der Waals surface area contributed by atoms with Crippen LogP contribution in [0.5, 0.6) is 0 Å². The summed E-state index contributed by atoms with van der Waals surface area (Å²) in [5.41, 5.74) is 3.99. The van der Waals surface area contributed by atoms with E-state index in [1.54, 1.807) is 0 Å². The van der Waals surface area contributed by atoms with Crippen LogP contribution in [-0.2, 0) is 20.1 Å². The molecule has 0 unspecified atom stereocenters. The molecule has 1 heterocycles. The van der Waals surface area contributed by atoms with Crippen LogP contribution in [0.3, 0.4) is 0 Å². The van der Waals surface area contributed by atoms with Crippen molar-refractivity contribution in [3.8, 4) is 6.07 Å². The summed E-state index contributed by atoms with van der Waals surface area (Å²) in [6, 6.07) is 6.29. The van der Waals surface area contributed by atoms with Gasteiger partial charge in [0.1, 0.15) is 5.82 Å². The number of aromatic nitrogens is 2. The van der Waals surface area contributed by atoms with Gasteiger partial charge in [-0.3, -0.25) is 4.68 Å². The second kappa shape index (κ2) is 10.1. The Hall–Kier alpha value is -2.15. The Kier molecular flexibility index (Phi) is 8.51. The molecule has 0 aliphatic heterocycles. The van der Waals surface area contributed by atoms with Gasteiger partial charge >= 0.3 is 0 Å². The van der Waals surface area contributed by atoms with E-state index in [-0.39, 0.29) is 36.3 Å². The topological polar surface area (TPSA) is 78.0 Å². The first kappa shape index (κ1) is 21.9. The number of guanidine groups is 1. The summed E-state index contributed by atoms with van der Waals surface area (Å²) in [6.07, 6.45) is 0. The molecular weight excluding hydrogens is 446 g/mol. The van der Waals surface area contributed by atoms with Gasteiger partial charge in [0, 0.05) is 37.0 Å². The summed E-state index contributed by atoms with van der Waals surface area (Å²) in [5.74, 6) is 0.226. The monoisotopic (exact) mass is 470 g/mol. The number of nitrogens with one attached hydrogen (secondary N) is 2. The molecule has 0 saturated heterocycles. The Labute approximate surface area is 170 Å². The highest BCUT2D eigenvalue weighted by molar-refractivity contribution is 14.0. The zero-order valence-electron chi connectivity index (χ0n) is 15.4. The van der Waals surface area contributed by atoms with Gasteiger partial charge in [0.15, 0.2) is 5.96 Å². The van der Waals surface area contributed by atoms with Gasteiger partial charge in [0.2, 0.25) is 0 Å². The maximum absolute atomic E-state index is 13.9. The highest BCUT2D eigenvalue weighted by Gasteiger charge is 2.10. The zero-order valence-corrected chi connectivity index (χ0v) is 17.8.